The van der Waals surface area contributed by atoms with E-state index in [-0.39, 0.29) is 11.6 Å². The Morgan fingerprint density at radius 3 is 2.66 bits per heavy atom. The molecule has 1 atom stereocenters. The van der Waals surface area contributed by atoms with Gasteiger partial charge in [-0.25, -0.2) is 13.8 Å². The van der Waals surface area contributed by atoms with E-state index in [4.69, 9.17) is 0 Å². The van der Waals surface area contributed by atoms with Crippen molar-refractivity contribution >= 4 is 16.9 Å². The number of alkyl halides is 1. The summed E-state index contributed by atoms with van der Waals surface area (Å²) in [6.07, 6.45) is 3.14. The van der Waals surface area contributed by atoms with Gasteiger partial charge < -0.3 is 9.88 Å². The molecule has 2 aromatic heterocycles. The van der Waals surface area contributed by atoms with Crippen LogP contribution in [0.2, 0.25) is 0 Å². The molecule has 0 fully saturated rings. The lowest BCUT2D eigenvalue weighted by Crippen LogP contribution is -2.30. The maximum atomic E-state index is 14.5. The van der Waals surface area contributed by atoms with Gasteiger partial charge in [-0.3, -0.25) is 9.78 Å². The quantitative estimate of drug-likeness (QED) is 0.556. The maximum absolute atomic E-state index is 14.5. The average Bonchev–Trinajstić information content (AvgIpc) is 3.13. The van der Waals surface area contributed by atoms with Gasteiger partial charge in [0.05, 0.1) is 23.4 Å². The molecule has 29 heavy (non-hydrogen) atoms. The normalized spacial score (nSPS) is 12.1. The summed E-state index contributed by atoms with van der Waals surface area (Å²) in [5.74, 6) is -0.910. The number of carbonyl (C=O) groups excluding carboxylic acids is 1. The minimum atomic E-state index is -0.820. The molecule has 2 aromatic carbocycles. The van der Waals surface area contributed by atoms with Crippen molar-refractivity contribution in [3.05, 3.63) is 95.3 Å². The molecule has 1 amide bonds. The third kappa shape index (κ3) is 3.71. The Morgan fingerprint density at radius 1 is 1.14 bits per heavy atom. The fourth-order valence-electron chi connectivity index (χ4n) is 3.20. The van der Waals surface area contributed by atoms with Gasteiger partial charge in [-0.1, -0.05) is 24.3 Å². The number of halogens is 2. The fraction of sp³-hybridized carbons (Fsp3) is 0.136. The topological polar surface area (TPSA) is 59.8 Å². The van der Waals surface area contributed by atoms with Crippen LogP contribution in [0.4, 0.5) is 8.78 Å². The van der Waals surface area contributed by atoms with Crippen molar-refractivity contribution in [3.8, 4) is 0 Å². The summed E-state index contributed by atoms with van der Waals surface area (Å²) >= 11 is 0. The number of carbonyl (C=O) groups is 1. The first kappa shape index (κ1) is 18.7. The number of rotatable bonds is 5. The van der Waals surface area contributed by atoms with E-state index in [1.807, 2.05) is 11.6 Å². The Labute approximate surface area is 166 Å². The number of benzene rings is 2. The predicted molar refractivity (Wildman–Crippen MR) is 105 cm³/mol. The Hall–Kier alpha value is -3.61. The highest BCUT2D eigenvalue weighted by molar-refractivity contribution is 5.97. The number of aromatic nitrogens is 3. The van der Waals surface area contributed by atoms with Crippen LogP contribution >= 0.6 is 0 Å². The van der Waals surface area contributed by atoms with Gasteiger partial charge in [0.2, 0.25) is 0 Å². The molecule has 0 saturated heterocycles. The number of aryl methyl sites for hydroxylation is 1. The van der Waals surface area contributed by atoms with E-state index in [9.17, 15) is 13.6 Å². The van der Waals surface area contributed by atoms with Crippen LogP contribution in [0.5, 0.6) is 0 Å². The maximum Gasteiger partial charge on any atom is 0.252 e. The van der Waals surface area contributed by atoms with Crippen LogP contribution in [0, 0.1) is 5.82 Å². The summed E-state index contributed by atoms with van der Waals surface area (Å²) < 4.78 is 29.1. The summed E-state index contributed by atoms with van der Waals surface area (Å²) in [6.45, 7) is -0.597. The molecule has 0 unspecified atom stereocenters. The third-order valence-corrected chi connectivity index (χ3v) is 4.79. The molecular weight excluding hydrogens is 374 g/mol. The summed E-state index contributed by atoms with van der Waals surface area (Å²) in [5.41, 5.74) is 3.21. The van der Waals surface area contributed by atoms with E-state index in [0.717, 1.165) is 11.0 Å². The highest BCUT2D eigenvalue weighted by Crippen LogP contribution is 2.24. The molecule has 5 nitrogen and oxygen atoms in total. The first-order valence-corrected chi connectivity index (χ1v) is 9.04. The lowest BCUT2D eigenvalue weighted by molar-refractivity contribution is 0.0942. The van der Waals surface area contributed by atoms with Crippen LogP contribution in [0.15, 0.2) is 67.1 Å². The van der Waals surface area contributed by atoms with E-state index in [2.05, 4.69) is 15.3 Å². The standard InChI is InChI=1S/C22H18F2N4O/c1-28-13-26-18-9-8-16(11-19(18)28)22(29)27-20(21-17(24)3-2-10-25-21)15-6-4-14(12-23)5-7-15/h2-11,13,20H,12H2,1H3,(H,27,29)/t20-/m0/s1. The number of hydrogen-bond acceptors (Lipinski definition) is 3. The van der Waals surface area contributed by atoms with Crippen molar-refractivity contribution in [3.63, 3.8) is 0 Å². The van der Waals surface area contributed by atoms with E-state index < -0.39 is 18.5 Å². The SMILES string of the molecule is Cn1cnc2ccc(C(=O)N[C@@H](c3ccc(CF)cc3)c3ncccc3F)cc21. The summed E-state index contributed by atoms with van der Waals surface area (Å²) in [7, 11) is 1.84. The van der Waals surface area contributed by atoms with Gasteiger partial charge in [0.25, 0.3) is 5.91 Å². The molecule has 2 heterocycles. The molecule has 0 aliphatic heterocycles. The molecule has 4 aromatic rings. The largest absolute Gasteiger partial charge is 0.339 e. The van der Waals surface area contributed by atoms with Gasteiger partial charge >= 0.3 is 0 Å². The number of nitrogens with zero attached hydrogens (tertiary/aromatic N) is 3. The van der Waals surface area contributed by atoms with Crippen LogP contribution in [0.1, 0.15) is 33.2 Å². The molecule has 0 bridgehead atoms. The third-order valence-electron chi connectivity index (χ3n) is 4.79. The number of fused-ring (bicyclic) bond motifs is 1. The van der Waals surface area contributed by atoms with E-state index in [1.54, 1.807) is 48.8 Å². The number of imidazole rings is 1. The van der Waals surface area contributed by atoms with Crippen molar-refractivity contribution in [2.24, 2.45) is 7.05 Å². The average molecular weight is 392 g/mol. The Morgan fingerprint density at radius 2 is 1.93 bits per heavy atom. The second-order valence-electron chi connectivity index (χ2n) is 6.71. The van der Waals surface area contributed by atoms with Gasteiger partial charge in [-0.15, -0.1) is 0 Å². The van der Waals surface area contributed by atoms with E-state index in [0.29, 0.717) is 16.7 Å². The highest BCUT2D eigenvalue weighted by atomic mass is 19.1. The molecule has 7 heteroatoms. The fourth-order valence-corrected chi connectivity index (χ4v) is 3.20. The zero-order valence-corrected chi connectivity index (χ0v) is 15.6. The summed E-state index contributed by atoms with van der Waals surface area (Å²) in [4.78, 5) is 21.3. The van der Waals surface area contributed by atoms with Crippen molar-refractivity contribution in [1.29, 1.82) is 0 Å². The number of nitrogens with one attached hydrogen (secondary N) is 1. The smallest absolute Gasteiger partial charge is 0.252 e. The number of amides is 1. The first-order valence-electron chi connectivity index (χ1n) is 9.04. The monoisotopic (exact) mass is 392 g/mol. The van der Waals surface area contributed by atoms with Crippen molar-refractivity contribution in [1.82, 2.24) is 19.9 Å². The van der Waals surface area contributed by atoms with Gasteiger partial charge in [0.15, 0.2) is 0 Å². The molecular formula is C22H18F2N4O. The van der Waals surface area contributed by atoms with Crippen LogP contribution in [0.25, 0.3) is 11.0 Å². The summed E-state index contributed by atoms with van der Waals surface area (Å²) in [6, 6.07) is 13.7. The van der Waals surface area contributed by atoms with Gasteiger partial charge in [0, 0.05) is 18.8 Å². The molecule has 1 N–H and O–H groups in total. The minimum Gasteiger partial charge on any atom is -0.339 e. The van der Waals surface area contributed by atoms with Crippen LogP contribution in [-0.2, 0) is 13.7 Å². The number of pyridine rings is 1. The molecule has 0 radical (unpaired) electrons. The Kier molecular flexibility index (Phi) is 5.03. The highest BCUT2D eigenvalue weighted by Gasteiger charge is 2.22. The summed E-state index contributed by atoms with van der Waals surface area (Å²) in [5, 5.41) is 2.86. The molecule has 4 rings (SSSR count). The van der Waals surface area contributed by atoms with Crippen molar-refractivity contribution < 1.29 is 13.6 Å². The van der Waals surface area contributed by atoms with E-state index >= 15 is 0 Å². The minimum absolute atomic E-state index is 0.0930. The Balaban J connectivity index is 1.71. The predicted octanol–water partition coefficient (Wildman–Crippen LogP) is 4.10. The zero-order chi connectivity index (χ0) is 20.4. The Bertz CT molecular complexity index is 1170. The second-order valence-corrected chi connectivity index (χ2v) is 6.71. The van der Waals surface area contributed by atoms with Crippen LogP contribution in [-0.4, -0.2) is 20.4 Å². The molecule has 0 aliphatic carbocycles. The lowest BCUT2D eigenvalue weighted by atomic mass is 10.0. The zero-order valence-electron chi connectivity index (χ0n) is 15.6. The second kappa shape index (κ2) is 7.79. The van der Waals surface area contributed by atoms with Gasteiger partial charge in [0.1, 0.15) is 18.2 Å². The number of hydrogen-bond donors (Lipinski definition) is 1. The molecule has 0 saturated carbocycles. The molecule has 146 valence electrons. The van der Waals surface area contributed by atoms with Crippen molar-refractivity contribution in [2.75, 3.05) is 0 Å². The van der Waals surface area contributed by atoms with Gasteiger partial charge in [-0.05, 0) is 41.5 Å². The van der Waals surface area contributed by atoms with E-state index in [1.165, 1.54) is 18.3 Å². The van der Waals surface area contributed by atoms with Crippen LogP contribution in [0.3, 0.4) is 0 Å². The van der Waals surface area contributed by atoms with Crippen LogP contribution < -0.4 is 5.32 Å². The molecule has 0 spiro atoms. The lowest BCUT2D eigenvalue weighted by Gasteiger charge is -2.20. The van der Waals surface area contributed by atoms with Gasteiger partial charge in [-0.2, -0.15) is 0 Å². The first-order chi connectivity index (χ1) is 14.1. The van der Waals surface area contributed by atoms with Crippen molar-refractivity contribution in [2.45, 2.75) is 12.7 Å². The molecule has 0 aliphatic rings.